The average molecular weight is 363 g/mol. The van der Waals surface area contributed by atoms with Crippen LogP contribution in [0.25, 0.3) is 6.08 Å². The van der Waals surface area contributed by atoms with Crippen molar-refractivity contribution in [2.75, 3.05) is 26.7 Å². The molecular weight excluding hydrogens is 332 g/mol. The van der Waals surface area contributed by atoms with Crippen molar-refractivity contribution in [1.82, 2.24) is 4.90 Å². The molecule has 0 N–H and O–H groups in total. The maximum Gasteiger partial charge on any atom is 0.272 e. The van der Waals surface area contributed by atoms with Gasteiger partial charge in [-0.05, 0) is 62.0 Å². The largest absolute Gasteiger partial charge is 0.488 e. The number of allylic oxidation sites excluding steroid dienone is 1. The SMILES string of the molecule is [2H]C([2H])(Oc1ccc2c(c1)[C@]1(CCN(C)CC=C)CCCC[C@@H]1C=C2)C(F)F. The van der Waals surface area contributed by atoms with Gasteiger partial charge in [-0.15, -0.1) is 6.58 Å². The van der Waals surface area contributed by atoms with Crippen LogP contribution in [0, 0.1) is 5.92 Å². The number of rotatable bonds is 8. The van der Waals surface area contributed by atoms with Crippen LogP contribution in [-0.2, 0) is 5.41 Å². The Morgan fingerprint density at radius 1 is 1.46 bits per heavy atom. The van der Waals surface area contributed by atoms with Crippen LogP contribution in [0.15, 0.2) is 36.9 Å². The smallest absolute Gasteiger partial charge is 0.272 e. The van der Waals surface area contributed by atoms with E-state index < -0.39 is 13.0 Å². The molecule has 2 aliphatic rings. The van der Waals surface area contributed by atoms with Crippen molar-refractivity contribution in [3.63, 3.8) is 0 Å². The van der Waals surface area contributed by atoms with Crippen LogP contribution >= 0.6 is 0 Å². The number of likely N-dealkylation sites (N-methyl/N-ethyl adjacent to an activating group) is 1. The van der Waals surface area contributed by atoms with Gasteiger partial charge in [0, 0.05) is 12.0 Å². The van der Waals surface area contributed by atoms with Crippen molar-refractivity contribution in [1.29, 1.82) is 0 Å². The van der Waals surface area contributed by atoms with Gasteiger partial charge in [-0.2, -0.15) is 0 Å². The van der Waals surface area contributed by atoms with Crippen LogP contribution in [0.4, 0.5) is 8.78 Å². The molecule has 0 spiro atoms. The van der Waals surface area contributed by atoms with E-state index in [4.69, 9.17) is 7.48 Å². The van der Waals surface area contributed by atoms with Gasteiger partial charge in [-0.1, -0.05) is 37.1 Å². The van der Waals surface area contributed by atoms with Crippen LogP contribution in [0.1, 0.15) is 46.0 Å². The first kappa shape index (κ1) is 16.5. The van der Waals surface area contributed by atoms with Gasteiger partial charge in [0.05, 0.1) is 2.74 Å². The number of benzene rings is 1. The van der Waals surface area contributed by atoms with Gasteiger partial charge in [0.2, 0.25) is 0 Å². The minimum absolute atomic E-state index is 0.0608. The van der Waals surface area contributed by atoms with Crippen molar-refractivity contribution < 1.29 is 16.3 Å². The fourth-order valence-electron chi connectivity index (χ4n) is 4.54. The maximum atomic E-state index is 12.9. The van der Waals surface area contributed by atoms with Crippen molar-refractivity contribution in [3.8, 4) is 5.75 Å². The Morgan fingerprint density at radius 3 is 3.08 bits per heavy atom. The summed E-state index contributed by atoms with van der Waals surface area (Å²) in [5.41, 5.74) is 2.12. The molecule has 2 aliphatic carbocycles. The molecule has 2 nitrogen and oxygen atoms in total. The van der Waals surface area contributed by atoms with E-state index in [2.05, 4.69) is 30.7 Å². The zero-order valence-corrected chi connectivity index (χ0v) is 15.4. The van der Waals surface area contributed by atoms with Gasteiger partial charge in [-0.25, -0.2) is 8.78 Å². The summed E-state index contributed by atoms with van der Waals surface area (Å²) in [6.07, 6.45) is 8.56. The fraction of sp³-hybridized carbons (Fsp3) is 0.545. The standard InChI is InChI=1S/C22H29F2NO/c1-3-13-25(2)14-12-22-11-5-4-6-18(22)9-7-17-8-10-19(15-20(17)22)26-16-21(23)24/h3,7-10,15,18,21H,1,4-6,11-14,16H2,2H3/t18-,22+/m1/s1/i16D2. The number of nitrogens with zero attached hydrogens (tertiary/aromatic N) is 1. The average Bonchev–Trinajstić information content (AvgIpc) is 2.66. The molecule has 0 bridgehead atoms. The van der Waals surface area contributed by atoms with E-state index in [-0.39, 0.29) is 11.2 Å². The van der Waals surface area contributed by atoms with Gasteiger partial charge in [-0.3, -0.25) is 0 Å². The summed E-state index contributed by atoms with van der Waals surface area (Å²) in [5, 5.41) is 0. The summed E-state index contributed by atoms with van der Waals surface area (Å²) in [6.45, 7) is 2.54. The van der Waals surface area contributed by atoms with Crippen molar-refractivity contribution in [2.45, 2.75) is 43.9 Å². The molecule has 0 aliphatic heterocycles. The van der Waals surface area contributed by atoms with Gasteiger partial charge >= 0.3 is 0 Å². The van der Waals surface area contributed by atoms with Gasteiger partial charge < -0.3 is 9.64 Å². The number of ether oxygens (including phenoxy) is 1. The molecule has 1 fully saturated rings. The lowest BCUT2D eigenvalue weighted by molar-refractivity contribution is 0.0816. The predicted octanol–water partition coefficient (Wildman–Crippen LogP) is 5.29. The van der Waals surface area contributed by atoms with E-state index in [9.17, 15) is 8.78 Å². The molecule has 2 atom stereocenters. The zero-order chi connectivity index (χ0) is 20.4. The van der Waals surface area contributed by atoms with E-state index in [0.29, 0.717) is 5.92 Å². The highest BCUT2D eigenvalue weighted by Gasteiger charge is 2.43. The van der Waals surface area contributed by atoms with E-state index >= 15 is 0 Å². The third kappa shape index (κ3) is 4.01. The molecule has 0 amide bonds. The van der Waals surface area contributed by atoms with Crippen molar-refractivity contribution in [2.24, 2.45) is 5.92 Å². The number of hydrogen-bond donors (Lipinski definition) is 0. The van der Waals surface area contributed by atoms with Gasteiger partial charge in [0.1, 0.15) is 12.3 Å². The highest BCUT2D eigenvalue weighted by Crippen LogP contribution is 2.51. The minimum Gasteiger partial charge on any atom is -0.488 e. The summed E-state index contributed by atoms with van der Waals surface area (Å²) < 4.78 is 45.8. The predicted molar refractivity (Wildman–Crippen MR) is 103 cm³/mol. The summed E-state index contributed by atoms with van der Waals surface area (Å²) >= 11 is 0. The van der Waals surface area contributed by atoms with Gasteiger partial charge in [0.25, 0.3) is 6.43 Å². The van der Waals surface area contributed by atoms with Gasteiger partial charge in [0.15, 0.2) is 0 Å². The summed E-state index contributed by atoms with van der Waals surface area (Å²) in [5.74, 6) is 0.579. The van der Waals surface area contributed by atoms with E-state index in [1.807, 2.05) is 12.1 Å². The Labute approximate surface area is 158 Å². The highest BCUT2D eigenvalue weighted by atomic mass is 19.3. The molecular formula is C22H29F2NO. The Kier molecular flexibility index (Phi) is 5.29. The first-order chi connectivity index (χ1) is 13.3. The molecule has 142 valence electrons. The number of hydrogen-bond acceptors (Lipinski definition) is 2. The number of halogens is 2. The Bertz CT molecular complexity index is 737. The normalized spacial score (nSPS) is 26.1. The summed E-state index contributed by atoms with van der Waals surface area (Å²) in [6, 6.07) is 5.25. The van der Waals surface area contributed by atoms with Crippen molar-refractivity contribution in [3.05, 3.63) is 48.1 Å². The molecule has 3 rings (SSSR count). The third-order valence-corrected chi connectivity index (χ3v) is 5.81. The Hall–Kier alpha value is -1.68. The molecule has 0 heterocycles. The molecule has 26 heavy (non-hydrogen) atoms. The second-order valence-corrected chi connectivity index (χ2v) is 7.44. The first-order valence-corrected chi connectivity index (χ1v) is 9.38. The van der Waals surface area contributed by atoms with E-state index in [1.54, 1.807) is 12.1 Å². The van der Waals surface area contributed by atoms with E-state index in [1.165, 1.54) is 6.42 Å². The molecule has 0 aromatic heterocycles. The molecule has 0 unspecified atom stereocenters. The van der Waals surface area contributed by atoms with Crippen LogP contribution in [0.5, 0.6) is 5.75 Å². The zero-order valence-electron chi connectivity index (χ0n) is 17.4. The summed E-state index contributed by atoms with van der Waals surface area (Å²) in [7, 11) is 2.08. The second kappa shape index (κ2) is 8.34. The maximum absolute atomic E-state index is 12.9. The first-order valence-electron chi connectivity index (χ1n) is 10.4. The number of fused-ring (bicyclic) bond motifs is 3. The minimum atomic E-state index is -3.20. The van der Waals surface area contributed by atoms with Crippen LogP contribution in [0.2, 0.25) is 0 Å². The topological polar surface area (TPSA) is 12.5 Å². The lowest BCUT2D eigenvalue weighted by atomic mass is 9.58. The monoisotopic (exact) mass is 363 g/mol. The fourth-order valence-corrected chi connectivity index (χ4v) is 4.54. The van der Waals surface area contributed by atoms with Crippen molar-refractivity contribution >= 4 is 6.08 Å². The molecule has 0 saturated heterocycles. The van der Waals surface area contributed by atoms with Crippen LogP contribution in [0.3, 0.4) is 0 Å². The highest BCUT2D eigenvalue weighted by molar-refractivity contribution is 5.62. The van der Waals surface area contributed by atoms with E-state index in [0.717, 1.165) is 49.9 Å². The third-order valence-electron chi connectivity index (χ3n) is 5.81. The van der Waals surface area contributed by atoms with Crippen LogP contribution in [-0.4, -0.2) is 38.0 Å². The Balaban J connectivity index is 1.95. The summed E-state index contributed by atoms with van der Waals surface area (Å²) in [4.78, 5) is 2.24. The molecule has 1 aromatic rings. The van der Waals surface area contributed by atoms with Crippen LogP contribution < -0.4 is 4.74 Å². The molecule has 4 heteroatoms. The number of alkyl halides is 2. The molecule has 1 saturated carbocycles. The lowest BCUT2D eigenvalue weighted by Gasteiger charge is -2.47. The molecule has 0 radical (unpaired) electrons. The quantitative estimate of drug-likeness (QED) is 0.582. The Morgan fingerprint density at radius 2 is 2.31 bits per heavy atom. The molecule has 1 aromatic carbocycles. The lowest BCUT2D eigenvalue weighted by Crippen LogP contribution is -2.42. The second-order valence-electron chi connectivity index (χ2n) is 7.44.